The molecule has 0 fully saturated rings. The summed E-state index contributed by atoms with van der Waals surface area (Å²) in [6, 6.07) is 0. The standard InChI is InChI=1S/C12H23NO4/c1-5-15-11(14)8-10(4)13-9-12(16-6-2)17-7-3/h8,12-13H,5-7,9H2,1-4H3. The predicted molar refractivity (Wildman–Crippen MR) is 65.4 cm³/mol. The van der Waals surface area contributed by atoms with E-state index in [2.05, 4.69) is 5.32 Å². The Kier molecular flexibility index (Phi) is 9.47. The molecule has 5 heteroatoms. The molecular weight excluding hydrogens is 222 g/mol. The summed E-state index contributed by atoms with van der Waals surface area (Å²) in [6.45, 7) is 9.45. The number of hydrogen-bond donors (Lipinski definition) is 1. The molecular formula is C12H23NO4. The van der Waals surface area contributed by atoms with E-state index in [9.17, 15) is 4.79 Å². The zero-order chi connectivity index (χ0) is 13.1. The molecule has 17 heavy (non-hydrogen) atoms. The summed E-state index contributed by atoms with van der Waals surface area (Å²) in [5, 5.41) is 3.05. The first-order chi connectivity index (χ1) is 8.13. The fourth-order valence-corrected chi connectivity index (χ4v) is 1.19. The normalized spacial score (nSPS) is 11.7. The molecule has 0 radical (unpaired) electrons. The number of rotatable bonds is 9. The van der Waals surface area contributed by atoms with Crippen molar-refractivity contribution in [1.29, 1.82) is 0 Å². The van der Waals surface area contributed by atoms with Gasteiger partial charge in [-0.3, -0.25) is 0 Å². The largest absolute Gasteiger partial charge is 0.463 e. The molecule has 0 aliphatic rings. The average molecular weight is 245 g/mol. The number of ether oxygens (including phenoxy) is 3. The van der Waals surface area contributed by atoms with Crippen molar-refractivity contribution in [2.45, 2.75) is 34.0 Å². The second kappa shape index (κ2) is 10.1. The van der Waals surface area contributed by atoms with Crippen molar-refractivity contribution in [3.8, 4) is 0 Å². The van der Waals surface area contributed by atoms with E-state index in [-0.39, 0.29) is 12.3 Å². The molecule has 0 amide bonds. The van der Waals surface area contributed by atoms with Crippen LogP contribution in [0.15, 0.2) is 11.8 Å². The third-order valence-corrected chi connectivity index (χ3v) is 1.87. The van der Waals surface area contributed by atoms with Crippen LogP contribution >= 0.6 is 0 Å². The first kappa shape index (κ1) is 15.9. The third kappa shape index (κ3) is 8.71. The van der Waals surface area contributed by atoms with Crippen molar-refractivity contribution >= 4 is 5.97 Å². The lowest BCUT2D eigenvalue weighted by molar-refractivity contribution is -0.137. The number of esters is 1. The first-order valence-corrected chi connectivity index (χ1v) is 5.96. The molecule has 100 valence electrons. The molecule has 0 aromatic carbocycles. The van der Waals surface area contributed by atoms with Gasteiger partial charge in [0.05, 0.1) is 13.2 Å². The van der Waals surface area contributed by atoms with Gasteiger partial charge in [-0.15, -0.1) is 0 Å². The Morgan fingerprint density at radius 2 is 1.76 bits per heavy atom. The molecule has 0 bridgehead atoms. The van der Waals surface area contributed by atoms with Gasteiger partial charge in [-0.25, -0.2) is 4.79 Å². The molecule has 0 aromatic heterocycles. The van der Waals surface area contributed by atoms with Crippen LogP contribution in [-0.2, 0) is 19.0 Å². The molecule has 0 saturated carbocycles. The number of nitrogens with one attached hydrogen (secondary N) is 1. The molecule has 5 nitrogen and oxygen atoms in total. The van der Waals surface area contributed by atoms with Crippen molar-refractivity contribution in [3.05, 3.63) is 11.8 Å². The highest BCUT2D eigenvalue weighted by atomic mass is 16.7. The highest BCUT2D eigenvalue weighted by Gasteiger charge is 2.07. The lowest BCUT2D eigenvalue weighted by Gasteiger charge is -2.18. The van der Waals surface area contributed by atoms with Gasteiger partial charge in [0.25, 0.3) is 0 Å². The zero-order valence-corrected chi connectivity index (χ0v) is 11.1. The molecule has 0 heterocycles. The third-order valence-electron chi connectivity index (χ3n) is 1.87. The second-order valence-electron chi connectivity index (χ2n) is 3.30. The molecule has 0 unspecified atom stereocenters. The van der Waals surface area contributed by atoms with Gasteiger partial charge in [-0.1, -0.05) is 0 Å². The monoisotopic (exact) mass is 245 g/mol. The minimum atomic E-state index is -0.345. The maximum absolute atomic E-state index is 11.1. The molecule has 0 rings (SSSR count). The average Bonchev–Trinajstić information content (AvgIpc) is 2.27. The number of allylic oxidation sites excluding steroid dienone is 1. The summed E-state index contributed by atoms with van der Waals surface area (Å²) in [4.78, 5) is 11.1. The summed E-state index contributed by atoms with van der Waals surface area (Å²) >= 11 is 0. The summed E-state index contributed by atoms with van der Waals surface area (Å²) in [6.07, 6.45) is 1.12. The van der Waals surface area contributed by atoms with Crippen molar-refractivity contribution in [3.63, 3.8) is 0 Å². The van der Waals surface area contributed by atoms with Crippen LogP contribution in [0.5, 0.6) is 0 Å². The molecule has 0 spiro atoms. The van der Waals surface area contributed by atoms with Gasteiger partial charge in [-0.05, 0) is 27.7 Å². The van der Waals surface area contributed by atoms with Crippen molar-refractivity contribution in [2.24, 2.45) is 0 Å². The Morgan fingerprint density at radius 3 is 2.24 bits per heavy atom. The summed E-state index contributed by atoms with van der Waals surface area (Å²) < 4.78 is 15.5. The Bertz CT molecular complexity index is 235. The lowest BCUT2D eigenvalue weighted by Crippen LogP contribution is -2.31. The van der Waals surface area contributed by atoms with Gasteiger partial charge >= 0.3 is 5.97 Å². The van der Waals surface area contributed by atoms with Crippen molar-refractivity contribution in [1.82, 2.24) is 5.32 Å². The van der Waals surface area contributed by atoms with Gasteiger partial charge in [-0.2, -0.15) is 0 Å². The molecule has 0 aromatic rings. The van der Waals surface area contributed by atoms with Crippen LogP contribution < -0.4 is 5.32 Å². The van der Waals surface area contributed by atoms with E-state index in [1.807, 2.05) is 13.8 Å². The number of carbonyl (C=O) groups excluding carboxylic acids is 1. The van der Waals surface area contributed by atoms with Gasteiger partial charge in [0.1, 0.15) is 0 Å². The van der Waals surface area contributed by atoms with Crippen LogP contribution in [0.25, 0.3) is 0 Å². The SMILES string of the molecule is CCOC(=O)C=C(C)NCC(OCC)OCC. The van der Waals surface area contributed by atoms with E-state index in [4.69, 9.17) is 14.2 Å². The summed E-state index contributed by atoms with van der Waals surface area (Å²) in [7, 11) is 0. The Labute approximate surface area is 103 Å². The number of carbonyl (C=O) groups is 1. The van der Waals surface area contributed by atoms with Crippen LogP contribution in [-0.4, -0.2) is 38.6 Å². The van der Waals surface area contributed by atoms with Gasteiger partial charge in [0.15, 0.2) is 6.29 Å². The van der Waals surface area contributed by atoms with Gasteiger partial charge in [0.2, 0.25) is 0 Å². The van der Waals surface area contributed by atoms with Crippen LogP contribution in [0.2, 0.25) is 0 Å². The van der Waals surface area contributed by atoms with Crippen LogP contribution in [0.4, 0.5) is 0 Å². The minimum absolute atomic E-state index is 0.296. The smallest absolute Gasteiger partial charge is 0.332 e. The predicted octanol–water partition coefficient (Wildman–Crippen LogP) is 1.44. The van der Waals surface area contributed by atoms with Crippen LogP contribution in [0.3, 0.4) is 0 Å². The van der Waals surface area contributed by atoms with Crippen molar-refractivity contribution in [2.75, 3.05) is 26.4 Å². The van der Waals surface area contributed by atoms with E-state index in [1.165, 1.54) is 6.08 Å². The van der Waals surface area contributed by atoms with Crippen LogP contribution in [0, 0.1) is 0 Å². The highest BCUT2D eigenvalue weighted by molar-refractivity contribution is 5.82. The molecule has 0 saturated heterocycles. The summed E-state index contributed by atoms with van der Waals surface area (Å²) in [5.41, 5.74) is 0.729. The lowest BCUT2D eigenvalue weighted by atomic mass is 10.4. The Morgan fingerprint density at radius 1 is 1.18 bits per heavy atom. The molecule has 0 aliphatic heterocycles. The van der Waals surface area contributed by atoms with Crippen LogP contribution in [0.1, 0.15) is 27.7 Å². The fraction of sp³-hybridized carbons (Fsp3) is 0.750. The van der Waals surface area contributed by atoms with E-state index in [1.54, 1.807) is 13.8 Å². The molecule has 0 atom stereocenters. The number of hydrogen-bond acceptors (Lipinski definition) is 5. The van der Waals surface area contributed by atoms with Gasteiger partial charge < -0.3 is 19.5 Å². The fourth-order valence-electron chi connectivity index (χ4n) is 1.19. The van der Waals surface area contributed by atoms with Gasteiger partial charge in [0, 0.05) is 25.0 Å². The topological polar surface area (TPSA) is 56.8 Å². The quantitative estimate of drug-likeness (QED) is 0.378. The Balaban J connectivity index is 4.01. The first-order valence-electron chi connectivity index (χ1n) is 5.96. The molecule has 0 aliphatic carbocycles. The summed E-state index contributed by atoms with van der Waals surface area (Å²) in [5.74, 6) is -0.345. The Hall–Kier alpha value is -1.07. The van der Waals surface area contributed by atoms with E-state index < -0.39 is 0 Å². The maximum atomic E-state index is 11.1. The van der Waals surface area contributed by atoms with E-state index >= 15 is 0 Å². The van der Waals surface area contributed by atoms with E-state index in [0.29, 0.717) is 26.4 Å². The van der Waals surface area contributed by atoms with E-state index in [0.717, 1.165) is 5.70 Å². The highest BCUT2D eigenvalue weighted by Crippen LogP contribution is 1.96. The second-order valence-corrected chi connectivity index (χ2v) is 3.30. The van der Waals surface area contributed by atoms with Crippen molar-refractivity contribution < 1.29 is 19.0 Å². The maximum Gasteiger partial charge on any atom is 0.332 e. The zero-order valence-electron chi connectivity index (χ0n) is 11.1. The molecule has 1 N–H and O–H groups in total. The minimum Gasteiger partial charge on any atom is -0.463 e.